The summed E-state index contributed by atoms with van der Waals surface area (Å²) in [5.74, 6) is 0.533. The van der Waals surface area contributed by atoms with Crippen LogP contribution in [0.25, 0.3) is 0 Å². The molecule has 0 spiro atoms. The minimum atomic E-state index is 0.137. The van der Waals surface area contributed by atoms with Crippen molar-refractivity contribution in [3.8, 4) is 17.8 Å². The molecule has 0 aliphatic heterocycles. The van der Waals surface area contributed by atoms with E-state index in [-0.39, 0.29) is 5.75 Å². The summed E-state index contributed by atoms with van der Waals surface area (Å²) in [7, 11) is 0. The van der Waals surface area contributed by atoms with Gasteiger partial charge in [-0.1, -0.05) is 6.07 Å². The molecule has 1 N–H and O–H groups in total. The van der Waals surface area contributed by atoms with Gasteiger partial charge in [-0.3, -0.25) is 0 Å². The summed E-state index contributed by atoms with van der Waals surface area (Å²) >= 11 is 0. The van der Waals surface area contributed by atoms with E-state index in [4.69, 9.17) is 10.4 Å². The zero-order chi connectivity index (χ0) is 8.27. The van der Waals surface area contributed by atoms with Gasteiger partial charge < -0.3 is 9.84 Å². The number of nitriles is 1. The molecule has 3 nitrogen and oxygen atoms in total. The Morgan fingerprint density at radius 3 is 2.91 bits per heavy atom. The van der Waals surface area contributed by atoms with Crippen molar-refractivity contribution in [2.45, 2.75) is 6.92 Å². The number of ether oxygens (including phenoxy) is 1. The lowest BCUT2D eigenvalue weighted by molar-refractivity contribution is 0.456. The van der Waals surface area contributed by atoms with Crippen LogP contribution in [-0.2, 0) is 0 Å². The van der Waals surface area contributed by atoms with Crippen molar-refractivity contribution in [2.24, 2.45) is 0 Å². The Kier molecular flexibility index (Phi) is 1.98. The molecule has 1 rings (SSSR count). The van der Waals surface area contributed by atoms with Gasteiger partial charge in [0.2, 0.25) is 0 Å². The molecular weight excluding hydrogens is 142 g/mol. The van der Waals surface area contributed by atoms with Crippen molar-refractivity contribution in [1.82, 2.24) is 0 Å². The molecule has 11 heavy (non-hydrogen) atoms. The van der Waals surface area contributed by atoms with Gasteiger partial charge in [-0.25, -0.2) is 0 Å². The second-order valence-corrected chi connectivity index (χ2v) is 2.09. The number of aromatic hydroxyl groups is 1. The molecule has 0 saturated heterocycles. The van der Waals surface area contributed by atoms with Crippen molar-refractivity contribution < 1.29 is 9.84 Å². The predicted octanol–water partition coefficient (Wildman–Crippen LogP) is 1.56. The van der Waals surface area contributed by atoms with Crippen LogP contribution in [0.3, 0.4) is 0 Å². The molecule has 0 bridgehead atoms. The number of hydrogen-bond donors (Lipinski definition) is 1. The Labute approximate surface area is 64.5 Å². The number of benzene rings is 1. The normalized spacial score (nSPS) is 8.73. The van der Waals surface area contributed by atoms with Gasteiger partial charge >= 0.3 is 0 Å². The Morgan fingerprint density at radius 2 is 2.27 bits per heavy atom. The monoisotopic (exact) mass is 149 g/mol. The van der Waals surface area contributed by atoms with Gasteiger partial charge in [-0.15, -0.1) is 5.26 Å². The number of hydrogen-bond acceptors (Lipinski definition) is 3. The van der Waals surface area contributed by atoms with Crippen LogP contribution in [0.5, 0.6) is 11.5 Å². The average molecular weight is 149 g/mol. The molecule has 0 amide bonds. The summed E-state index contributed by atoms with van der Waals surface area (Å²) in [6, 6.07) is 4.78. The quantitative estimate of drug-likeness (QED) is 0.616. The maximum Gasteiger partial charge on any atom is 0.292 e. The van der Waals surface area contributed by atoms with Crippen molar-refractivity contribution >= 4 is 0 Å². The lowest BCUT2D eigenvalue weighted by Crippen LogP contribution is -1.85. The average Bonchev–Trinajstić information content (AvgIpc) is 1.99. The van der Waals surface area contributed by atoms with Gasteiger partial charge in [-0.05, 0) is 19.1 Å². The molecular formula is C8H7NO2. The van der Waals surface area contributed by atoms with Crippen LogP contribution in [0.1, 0.15) is 5.56 Å². The third kappa shape index (κ3) is 1.41. The summed E-state index contributed by atoms with van der Waals surface area (Å²) in [5, 5.41) is 17.3. The number of phenolic OH excluding ortho intramolecular Hbond substituents is 1. The molecule has 0 aliphatic rings. The van der Waals surface area contributed by atoms with Gasteiger partial charge in [-0.2, -0.15) is 0 Å². The van der Waals surface area contributed by atoms with Gasteiger partial charge in [0.15, 0.2) is 0 Å². The molecule has 0 radical (unpaired) electrons. The maximum atomic E-state index is 9.14. The molecule has 0 unspecified atom stereocenters. The first-order valence-corrected chi connectivity index (χ1v) is 3.10. The third-order valence-corrected chi connectivity index (χ3v) is 1.41. The van der Waals surface area contributed by atoms with Crippen LogP contribution < -0.4 is 4.74 Å². The summed E-state index contributed by atoms with van der Waals surface area (Å²) in [6.07, 6.45) is 1.54. The van der Waals surface area contributed by atoms with E-state index >= 15 is 0 Å². The Hall–Kier alpha value is -1.69. The number of rotatable bonds is 1. The number of phenols is 1. The highest BCUT2D eigenvalue weighted by molar-refractivity contribution is 5.42. The third-order valence-electron chi connectivity index (χ3n) is 1.41. The zero-order valence-corrected chi connectivity index (χ0v) is 6.03. The van der Waals surface area contributed by atoms with Gasteiger partial charge in [0, 0.05) is 5.56 Å². The van der Waals surface area contributed by atoms with Crippen molar-refractivity contribution in [1.29, 1.82) is 5.26 Å². The van der Waals surface area contributed by atoms with E-state index in [1.54, 1.807) is 31.4 Å². The highest BCUT2D eigenvalue weighted by atomic mass is 16.5. The van der Waals surface area contributed by atoms with E-state index in [0.717, 1.165) is 0 Å². The molecule has 0 aromatic heterocycles. The van der Waals surface area contributed by atoms with Crippen LogP contribution in [0, 0.1) is 18.4 Å². The zero-order valence-electron chi connectivity index (χ0n) is 6.03. The van der Waals surface area contributed by atoms with Gasteiger partial charge in [0.1, 0.15) is 11.5 Å². The molecule has 0 atom stereocenters. The SMILES string of the molecule is Cc1c(O)cccc1OC#N. The van der Waals surface area contributed by atoms with Crippen LogP contribution in [0.15, 0.2) is 18.2 Å². The predicted molar refractivity (Wildman–Crippen MR) is 39.1 cm³/mol. The standard InChI is InChI=1S/C8H7NO2/c1-6-7(10)3-2-4-8(6)11-5-9/h2-4,10H,1H3. The Balaban J connectivity index is 3.08. The Bertz CT molecular complexity index is 301. The van der Waals surface area contributed by atoms with Gasteiger partial charge in [0.25, 0.3) is 6.26 Å². The van der Waals surface area contributed by atoms with Gasteiger partial charge in [0.05, 0.1) is 0 Å². The van der Waals surface area contributed by atoms with E-state index in [2.05, 4.69) is 4.74 Å². The molecule has 1 aromatic rings. The molecule has 0 heterocycles. The molecule has 3 heteroatoms. The van der Waals surface area contributed by atoms with E-state index in [0.29, 0.717) is 11.3 Å². The lowest BCUT2D eigenvalue weighted by atomic mass is 10.2. The summed E-state index contributed by atoms with van der Waals surface area (Å²) in [4.78, 5) is 0. The fourth-order valence-electron chi connectivity index (χ4n) is 0.763. The van der Waals surface area contributed by atoms with Crippen LogP contribution in [0.2, 0.25) is 0 Å². The fraction of sp³-hybridized carbons (Fsp3) is 0.125. The van der Waals surface area contributed by atoms with E-state index in [1.807, 2.05) is 0 Å². The molecule has 1 aromatic carbocycles. The summed E-state index contributed by atoms with van der Waals surface area (Å²) in [6.45, 7) is 1.68. The Morgan fingerprint density at radius 1 is 1.55 bits per heavy atom. The van der Waals surface area contributed by atoms with Crippen LogP contribution >= 0.6 is 0 Å². The highest BCUT2D eigenvalue weighted by Gasteiger charge is 2.01. The van der Waals surface area contributed by atoms with E-state index in [9.17, 15) is 0 Å². The second-order valence-electron chi connectivity index (χ2n) is 2.09. The first kappa shape index (κ1) is 7.42. The minimum absolute atomic E-state index is 0.137. The summed E-state index contributed by atoms with van der Waals surface area (Å²) in [5.41, 5.74) is 0.578. The summed E-state index contributed by atoms with van der Waals surface area (Å²) < 4.78 is 4.56. The van der Waals surface area contributed by atoms with Crippen LogP contribution in [0.4, 0.5) is 0 Å². The largest absolute Gasteiger partial charge is 0.508 e. The number of nitrogens with zero attached hydrogens (tertiary/aromatic N) is 1. The maximum absolute atomic E-state index is 9.14. The van der Waals surface area contributed by atoms with Crippen LogP contribution in [-0.4, -0.2) is 5.11 Å². The fourth-order valence-corrected chi connectivity index (χ4v) is 0.763. The molecule has 0 aliphatic carbocycles. The van der Waals surface area contributed by atoms with Crippen molar-refractivity contribution in [3.05, 3.63) is 23.8 Å². The van der Waals surface area contributed by atoms with E-state index in [1.165, 1.54) is 0 Å². The molecule has 0 saturated carbocycles. The second kappa shape index (κ2) is 2.93. The lowest BCUT2D eigenvalue weighted by Gasteiger charge is -2.01. The van der Waals surface area contributed by atoms with Crippen molar-refractivity contribution in [2.75, 3.05) is 0 Å². The molecule has 0 fully saturated rings. The highest BCUT2D eigenvalue weighted by Crippen LogP contribution is 2.25. The first-order valence-electron chi connectivity index (χ1n) is 3.10. The minimum Gasteiger partial charge on any atom is -0.508 e. The first-order chi connectivity index (χ1) is 5.25. The topological polar surface area (TPSA) is 53.2 Å². The van der Waals surface area contributed by atoms with E-state index < -0.39 is 0 Å². The smallest absolute Gasteiger partial charge is 0.292 e. The molecule has 56 valence electrons. The van der Waals surface area contributed by atoms with Crippen molar-refractivity contribution in [3.63, 3.8) is 0 Å².